The van der Waals surface area contributed by atoms with Crippen molar-refractivity contribution in [2.45, 2.75) is 6.10 Å². The predicted octanol–water partition coefficient (Wildman–Crippen LogP) is 3.05. The summed E-state index contributed by atoms with van der Waals surface area (Å²) >= 11 is 3.32. The molecule has 1 atom stereocenters. The second kappa shape index (κ2) is 6.42. The molecule has 2 aromatic carbocycles. The Morgan fingerprint density at radius 2 is 1.95 bits per heavy atom. The molecule has 0 heterocycles. The molecule has 0 aliphatic carbocycles. The van der Waals surface area contributed by atoms with Crippen molar-refractivity contribution >= 4 is 27.3 Å². The fourth-order valence-corrected chi connectivity index (χ4v) is 2.17. The SMILES string of the molecule is N#Cc1cc(Br)ccc1NCC(O)c1ccc(N)cc1. The Labute approximate surface area is 126 Å². The van der Waals surface area contributed by atoms with Gasteiger partial charge in [0.1, 0.15) is 6.07 Å². The summed E-state index contributed by atoms with van der Waals surface area (Å²) in [4.78, 5) is 0. The summed E-state index contributed by atoms with van der Waals surface area (Å²) in [5.74, 6) is 0. The molecule has 0 radical (unpaired) electrons. The van der Waals surface area contributed by atoms with Crippen LogP contribution >= 0.6 is 15.9 Å². The maximum absolute atomic E-state index is 10.1. The molecule has 0 aliphatic rings. The number of nitrogen functional groups attached to an aromatic ring is 1. The Hall–Kier alpha value is -2.03. The highest BCUT2D eigenvalue weighted by Crippen LogP contribution is 2.22. The second-order valence-corrected chi connectivity index (χ2v) is 5.28. The van der Waals surface area contributed by atoms with Gasteiger partial charge >= 0.3 is 0 Å². The van der Waals surface area contributed by atoms with Crippen LogP contribution in [0.4, 0.5) is 11.4 Å². The van der Waals surface area contributed by atoms with Crippen molar-refractivity contribution in [2.75, 3.05) is 17.6 Å². The number of nitrogens with two attached hydrogens (primary N) is 1. The molecule has 0 aliphatic heterocycles. The minimum atomic E-state index is -0.661. The fraction of sp³-hybridized carbons (Fsp3) is 0.133. The standard InChI is InChI=1S/C15H14BrN3O/c16-12-3-6-14(11(7-12)8-17)19-9-15(20)10-1-4-13(18)5-2-10/h1-7,15,19-20H,9,18H2. The lowest BCUT2D eigenvalue weighted by Gasteiger charge is -2.14. The van der Waals surface area contributed by atoms with E-state index in [4.69, 9.17) is 11.0 Å². The van der Waals surface area contributed by atoms with Gasteiger partial charge in [-0.05, 0) is 35.9 Å². The first-order chi connectivity index (χ1) is 9.60. The zero-order chi connectivity index (χ0) is 14.5. The summed E-state index contributed by atoms with van der Waals surface area (Å²) in [6.07, 6.45) is -0.661. The van der Waals surface area contributed by atoms with Crippen LogP contribution in [0.3, 0.4) is 0 Å². The quantitative estimate of drug-likeness (QED) is 0.752. The monoisotopic (exact) mass is 331 g/mol. The number of hydrogen-bond acceptors (Lipinski definition) is 4. The van der Waals surface area contributed by atoms with Crippen molar-refractivity contribution in [2.24, 2.45) is 0 Å². The van der Waals surface area contributed by atoms with Gasteiger partial charge < -0.3 is 16.2 Å². The Morgan fingerprint density at radius 3 is 2.60 bits per heavy atom. The number of nitrogens with zero attached hydrogens (tertiary/aromatic N) is 1. The third kappa shape index (κ3) is 3.50. The van der Waals surface area contributed by atoms with Crippen molar-refractivity contribution < 1.29 is 5.11 Å². The van der Waals surface area contributed by atoms with Gasteiger partial charge in [0.05, 0.1) is 17.4 Å². The number of nitriles is 1. The molecule has 4 nitrogen and oxygen atoms in total. The summed E-state index contributed by atoms with van der Waals surface area (Å²) in [6.45, 7) is 0.320. The first-order valence-corrected chi connectivity index (χ1v) is 6.86. The summed E-state index contributed by atoms with van der Waals surface area (Å²) in [6, 6.07) is 14.6. The van der Waals surface area contributed by atoms with Gasteiger partial charge in [-0.15, -0.1) is 0 Å². The molecular formula is C15H14BrN3O. The van der Waals surface area contributed by atoms with E-state index in [-0.39, 0.29) is 0 Å². The normalized spacial score (nSPS) is 11.7. The number of aliphatic hydroxyl groups is 1. The summed E-state index contributed by atoms with van der Waals surface area (Å²) in [5, 5.41) is 22.2. The summed E-state index contributed by atoms with van der Waals surface area (Å²) < 4.78 is 0.846. The molecule has 0 aromatic heterocycles. The average molecular weight is 332 g/mol. The zero-order valence-corrected chi connectivity index (χ0v) is 12.3. The number of rotatable bonds is 4. The van der Waals surface area contributed by atoms with E-state index in [2.05, 4.69) is 27.3 Å². The van der Waals surface area contributed by atoms with Crippen molar-refractivity contribution in [1.82, 2.24) is 0 Å². The molecule has 0 spiro atoms. The molecule has 1 unspecified atom stereocenters. The van der Waals surface area contributed by atoms with Crippen LogP contribution in [0.5, 0.6) is 0 Å². The van der Waals surface area contributed by atoms with Gasteiger partial charge in [-0.3, -0.25) is 0 Å². The number of benzene rings is 2. The molecule has 0 amide bonds. The van der Waals surface area contributed by atoms with E-state index < -0.39 is 6.10 Å². The van der Waals surface area contributed by atoms with Crippen LogP contribution in [0.2, 0.25) is 0 Å². The lowest BCUT2D eigenvalue weighted by Crippen LogP contribution is -2.12. The van der Waals surface area contributed by atoms with Crippen molar-refractivity contribution in [1.29, 1.82) is 5.26 Å². The molecular weight excluding hydrogens is 318 g/mol. The van der Waals surface area contributed by atoms with Crippen LogP contribution in [0, 0.1) is 11.3 Å². The van der Waals surface area contributed by atoms with Crippen LogP contribution in [0.25, 0.3) is 0 Å². The Kier molecular flexibility index (Phi) is 4.61. The molecule has 5 heteroatoms. The predicted molar refractivity (Wildman–Crippen MR) is 83.2 cm³/mol. The maximum atomic E-state index is 10.1. The third-order valence-electron chi connectivity index (χ3n) is 2.91. The van der Waals surface area contributed by atoms with Gasteiger partial charge in [0, 0.05) is 16.7 Å². The van der Waals surface area contributed by atoms with Crippen LogP contribution < -0.4 is 11.1 Å². The van der Waals surface area contributed by atoms with Crippen molar-refractivity contribution in [3.63, 3.8) is 0 Å². The summed E-state index contributed by atoms with van der Waals surface area (Å²) in [5.41, 5.74) is 8.28. The Morgan fingerprint density at radius 1 is 1.25 bits per heavy atom. The van der Waals surface area contributed by atoms with E-state index in [1.54, 1.807) is 36.4 Å². The molecule has 2 rings (SSSR count). The van der Waals surface area contributed by atoms with Crippen molar-refractivity contribution in [3.8, 4) is 6.07 Å². The number of anilines is 2. The van der Waals surface area contributed by atoms with Gasteiger partial charge in [-0.2, -0.15) is 5.26 Å². The molecule has 0 bridgehead atoms. The van der Waals surface area contributed by atoms with E-state index in [1.165, 1.54) is 0 Å². The minimum Gasteiger partial charge on any atom is -0.399 e. The number of hydrogen-bond donors (Lipinski definition) is 3. The molecule has 0 fully saturated rings. The molecule has 4 N–H and O–H groups in total. The summed E-state index contributed by atoms with van der Waals surface area (Å²) in [7, 11) is 0. The van der Waals surface area contributed by atoms with Gasteiger partial charge in [-0.1, -0.05) is 28.1 Å². The number of halogens is 1. The lowest BCUT2D eigenvalue weighted by atomic mass is 10.1. The highest BCUT2D eigenvalue weighted by Gasteiger charge is 2.09. The molecule has 0 saturated carbocycles. The van der Waals surface area contributed by atoms with E-state index in [0.29, 0.717) is 23.5 Å². The largest absolute Gasteiger partial charge is 0.399 e. The van der Waals surface area contributed by atoms with Gasteiger partial charge in [0.2, 0.25) is 0 Å². The zero-order valence-electron chi connectivity index (χ0n) is 10.7. The van der Waals surface area contributed by atoms with Crippen molar-refractivity contribution in [3.05, 3.63) is 58.1 Å². The topological polar surface area (TPSA) is 82.1 Å². The molecule has 2 aromatic rings. The molecule has 0 saturated heterocycles. The third-order valence-corrected chi connectivity index (χ3v) is 3.40. The van der Waals surface area contributed by atoms with Gasteiger partial charge in [-0.25, -0.2) is 0 Å². The number of nitrogens with one attached hydrogen (secondary N) is 1. The highest BCUT2D eigenvalue weighted by molar-refractivity contribution is 9.10. The van der Waals surface area contributed by atoms with E-state index in [1.807, 2.05) is 6.07 Å². The van der Waals surface area contributed by atoms with E-state index in [0.717, 1.165) is 10.0 Å². The van der Waals surface area contributed by atoms with Crippen LogP contribution in [-0.4, -0.2) is 11.7 Å². The maximum Gasteiger partial charge on any atom is 0.101 e. The first kappa shape index (κ1) is 14.4. The fourth-order valence-electron chi connectivity index (χ4n) is 1.81. The van der Waals surface area contributed by atoms with E-state index in [9.17, 15) is 5.11 Å². The van der Waals surface area contributed by atoms with Crippen LogP contribution in [0.1, 0.15) is 17.2 Å². The van der Waals surface area contributed by atoms with Crippen LogP contribution in [0.15, 0.2) is 46.9 Å². The Bertz CT molecular complexity index is 635. The first-order valence-electron chi connectivity index (χ1n) is 6.07. The van der Waals surface area contributed by atoms with E-state index >= 15 is 0 Å². The second-order valence-electron chi connectivity index (χ2n) is 4.37. The highest BCUT2D eigenvalue weighted by atomic mass is 79.9. The van der Waals surface area contributed by atoms with Gasteiger partial charge in [0.15, 0.2) is 0 Å². The molecule has 102 valence electrons. The van der Waals surface area contributed by atoms with Gasteiger partial charge in [0.25, 0.3) is 0 Å². The molecule has 20 heavy (non-hydrogen) atoms. The Balaban J connectivity index is 2.05. The minimum absolute atomic E-state index is 0.320. The lowest BCUT2D eigenvalue weighted by molar-refractivity contribution is 0.191. The average Bonchev–Trinajstić information content (AvgIpc) is 2.46. The number of aliphatic hydroxyl groups excluding tert-OH is 1. The van der Waals surface area contributed by atoms with Crippen LogP contribution in [-0.2, 0) is 0 Å². The smallest absolute Gasteiger partial charge is 0.101 e.